The molecule has 0 unspecified atom stereocenters. The number of nitrogens with zero attached hydrogens (tertiary/aromatic N) is 4. The molecule has 1 aromatic heterocycles. The second kappa shape index (κ2) is 6.73. The highest BCUT2D eigenvalue weighted by Crippen LogP contribution is 2.15. The van der Waals surface area contributed by atoms with Crippen LogP contribution in [0.3, 0.4) is 0 Å². The van der Waals surface area contributed by atoms with Crippen molar-refractivity contribution in [2.45, 2.75) is 39.2 Å². The molecule has 2 aromatic rings. The summed E-state index contributed by atoms with van der Waals surface area (Å²) in [5.41, 5.74) is 2.50. The molecule has 2 heterocycles. The third-order valence-corrected chi connectivity index (χ3v) is 4.25. The highest BCUT2D eigenvalue weighted by atomic mass is 16.2. The number of rotatable bonds is 3. The summed E-state index contributed by atoms with van der Waals surface area (Å²) in [7, 11) is 0. The van der Waals surface area contributed by atoms with E-state index >= 15 is 0 Å². The summed E-state index contributed by atoms with van der Waals surface area (Å²) < 4.78 is 1.81. The maximum absolute atomic E-state index is 12.6. The summed E-state index contributed by atoms with van der Waals surface area (Å²) in [6.07, 6.45) is 4.60. The van der Waals surface area contributed by atoms with Gasteiger partial charge in [-0.05, 0) is 25.3 Å². The number of carbonyl (C=O) groups excluding carboxylic acids is 1. The predicted octanol–water partition coefficient (Wildman–Crippen LogP) is 2.65. The Balaban J connectivity index is 1.76. The van der Waals surface area contributed by atoms with Crippen molar-refractivity contribution in [3.8, 4) is 0 Å². The molecule has 1 fully saturated rings. The minimum absolute atomic E-state index is 0.0266. The number of hydrogen-bond acceptors (Lipinski definition) is 3. The summed E-state index contributed by atoms with van der Waals surface area (Å²) in [6, 6.07) is 10.1. The quantitative estimate of drug-likeness (QED) is 0.875. The first-order chi connectivity index (χ1) is 10.8. The van der Waals surface area contributed by atoms with Crippen LogP contribution in [0.5, 0.6) is 0 Å². The fraction of sp³-hybridized carbons (Fsp3) is 0.471. The Morgan fingerprint density at radius 3 is 2.45 bits per heavy atom. The highest BCUT2D eigenvalue weighted by Gasteiger charge is 2.23. The molecule has 0 bridgehead atoms. The van der Waals surface area contributed by atoms with Crippen LogP contribution in [0.1, 0.15) is 47.4 Å². The molecule has 5 nitrogen and oxygen atoms in total. The van der Waals surface area contributed by atoms with Crippen LogP contribution >= 0.6 is 0 Å². The maximum atomic E-state index is 12.6. The lowest BCUT2D eigenvalue weighted by Gasteiger charge is -2.19. The van der Waals surface area contributed by atoms with Gasteiger partial charge in [-0.25, -0.2) is 4.68 Å². The van der Waals surface area contributed by atoms with Crippen molar-refractivity contribution < 1.29 is 4.79 Å². The van der Waals surface area contributed by atoms with Crippen LogP contribution < -0.4 is 0 Å². The van der Waals surface area contributed by atoms with Crippen molar-refractivity contribution in [2.24, 2.45) is 0 Å². The van der Waals surface area contributed by atoms with Crippen LogP contribution in [0.25, 0.3) is 0 Å². The second-order valence-corrected chi connectivity index (χ2v) is 5.87. The molecule has 1 aliphatic rings. The van der Waals surface area contributed by atoms with E-state index in [4.69, 9.17) is 0 Å². The van der Waals surface area contributed by atoms with Crippen LogP contribution in [0, 0.1) is 6.92 Å². The predicted molar refractivity (Wildman–Crippen MR) is 84.7 cm³/mol. The Kier molecular flexibility index (Phi) is 4.51. The van der Waals surface area contributed by atoms with E-state index in [1.54, 1.807) is 4.68 Å². The van der Waals surface area contributed by atoms with Crippen molar-refractivity contribution in [1.82, 2.24) is 19.9 Å². The molecule has 3 rings (SSSR count). The monoisotopic (exact) mass is 298 g/mol. The number of carbonyl (C=O) groups is 1. The van der Waals surface area contributed by atoms with Gasteiger partial charge in [-0.15, -0.1) is 5.10 Å². The molecule has 1 aliphatic heterocycles. The number of amides is 1. The molecule has 0 radical (unpaired) electrons. The molecular weight excluding hydrogens is 276 g/mol. The zero-order valence-electron chi connectivity index (χ0n) is 13.0. The third-order valence-electron chi connectivity index (χ3n) is 4.25. The number of likely N-dealkylation sites (tertiary alicyclic amines) is 1. The molecule has 0 spiro atoms. The van der Waals surface area contributed by atoms with E-state index in [0.717, 1.165) is 37.2 Å². The minimum Gasteiger partial charge on any atom is -0.337 e. The Labute approximate surface area is 130 Å². The Morgan fingerprint density at radius 2 is 1.77 bits per heavy atom. The van der Waals surface area contributed by atoms with Crippen LogP contribution in [0.15, 0.2) is 30.3 Å². The zero-order valence-corrected chi connectivity index (χ0v) is 13.0. The third kappa shape index (κ3) is 3.18. The number of aromatic nitrogens is 3. The molecule has 0 atom stereocenters. The van der Waals surface area contributed by atoms with Crippen molar-refractivity contribution in [2.75, 3.05) is 13.1 Å². The van der Waals surface area contributed by atoms with Crippen molar-refractivity contribution >= 4 is 5.91 Å². The van der Waals surface area contributed by atoms with Gasteiger partial charge in [0, 0.05) is 13.1 Å². The van der Waals surface area contributed by atoms with Crippen molar-refractivity contribution in [3.05, 3.63) is 47.3 Å². The van der Waals surface area contributed by atoms with Crippen molar-refractivity contribution in [3.63, 3.8) is 0 Å². The molecule has 1 amide bonds. The normalized spacial score (nSPS) is 15.6. The zero-order chi connectivity index (χ0) is 15.4. The molecule has 1 aromatic carbocycles. The average Bonchev–Trinajstić information content (AvgIpc) is 2.77. The molecule has 0 N–H and O–H groups in total. The average molecular weight is 298 g/mol. The van der Waals surface area contributed by atoms with E-state index in [2.05, 4.69) is 22.4 Å². The molecule has 116 valence electrons. The first kappa shape index (κ1) is 14.8. The van der Waals surface area contributed by atoms with Gasteiger partial charge in [0.05, 0.1) is 12.2 Å². The molecule has 1 saturated heterocycles. The Bertz CT molecular complexity index is 627. The van der Waals surface area contributed by atoms with E-state index in [-0.39, 0.29) is 5.91 Å². The van der Waals surface area contributed by atoms with E-state index < -0.39 is 0 Å². The van der Waals surface area contributed by atoms with E-state index in [1.165, 1.54) is 12.8 Å². The second-order valence-electron chi connectivity index (χ2n) is 5.87. The van der Waals surface area contributed by atoms with Gasteiger partial charge < -0.3 is 4.90 Å². The van der Waals surface area contributed by atoms with Crippen LogP contribution in [-0.4, -0.2) is 38.9 Å². The van der Waals surface area contributed by atoms with E-state index in [1.807, 2.05) is 30.0 Å². The summed E-state index contributed by atoms with van der Waals surface area (Å²) in [5.74, 6) is 0.0266. The van der Waals surface area contributed by atoms with Gasteiger partial charge in [-0.1, -0.05) is 48.4 Å². The SMILES string of the molecule is Cc1c(C(=O)N2CCCCCC2)nnn1Cc1ccccc1. The number of benzene rings is 1. The molecule has 0 aliphatic carbocycles. The Morgan fingerprint density at radius 1 is 1.09 bits per heavy atom. The van der Waals surface area contributed by atoms with Gasteiger partial charge in [0.1, 0.15) is 0 Å². The van der Waals surface area contributed by atoms with Gasteiger partial charge in [-0.2, -0.15) is 0 Å². The van der Waals surface area contributed by atoms with E-state index in [0.29, 0.717) is 12.2 Å². The largest absolute Gasteiger partial charge is 0.337 e. The molecular formula is C17H22N4O. The van der Waals surface area contributed by atoms with Gasteiger partial charge in [0.25, 0.3) is 5.91 Å². The maximum Gasteiger partial charge on any atom is 0.276 e. The van der Waals surface area contributed by atoms with Gasteiger partial charge >= 0.3 is 0 Å². The smallest absolute Gasteiger partial charge is 0.276 e. The summed E-state index contributed by atoms with van der Waals surface area (Å²) >= 11 is 0. The lowest BCUT2D eigenvalue weighted by Crippen LogP contribution is -2.32. The van der Waals surface area contributed by atoms with Crippen LogP contribution in [0.2, 0.25) is 0 Å². The number of hydrogen-bond donors (Lipinski definition) is 0. The van der Waals surface area contributed by atoms with Gasteiger partial charge in [0.2, 0.25) is 0 Å². The topological polar surface area (TPSA) is 51.0 Å². The van der Waals surface area contributed by atoms with Crippen LogP contribution in [0.4, 0.5) is 0 Å². The highest BCUT2D eigenvalue weighted by molar-refractivity contribution is 5.93. The van der Waals surface area contributed by atoms with Crippen molar-refractivity contribution in [1.29, 1.82) is 0 Å². The standard InChI is InChI=1S/C17H22N4O/c1-14-16(17(22)20-11-7-2-3-8-12-20)18-19-21(14)13-15-9-5-4-6-10-15/h4-6,9-10H,2-3,7-8,11-13H2,1H3. The molecule has 0 saturated carbocycles. The fourth-order valence-corrected chi connectivity index (χ4v) is 2.89. The summed E-state index contributed by atoms with van der Waals surface area (Å²) in [6.45, 7) is 4.24. The lowest BCUT2D eigenvalue weighted by atomic mass is 10.2. The minimum atomic E-state index is 0.0266. The molecule has 5 heteroatoms. The van der Waals surface area contributed by atoms with Gasteiger partial charge in [-0.3, -0.25) is 4.79 Å². The lowest BCUT2D eigenvalue weighted by molar-refractivity contribution is 0.0755. The van der Waals surface area contributed by atoms with Gasteiger partial charge in [0.15, 0.2) is 5.69 Å². The van der Waals surface area contributed by atoms with E-state index in [9.17, 15) is 4.79 Å². The fourth-order valence-electron chi connectivity index (χ4n) is 2.89. The first-order valence-electron chi connectivity index (χ1n) is 7.99. The van der Waals surface area contributed by atoms with Crippen LogP contribution in [-0.2, 0) is 6.54 Å². The summed E-state index contributed by atoms with van der Waals surface area (Å²) in [5, 5.41) is 8.31. The summed E-state index contributed by atoms with van der Waals surface area (Å²) in [4.78, 5) is 14.6. The Hall–Kier alpha value is -2.17. The molecule has 22 heavy (non-hydrogen) atoms. The first-order valence-corrected chi connectivity index (χ1v) is 7.99.